The summed E-state index contributed by atoms with van der Waals surface area (Å²) in [6, 6.07) is 8.69. The minimum absolute atomic E-state index is 0.129. The van der Waals surface area contributed by atoms with Gasteiger partial charge in [0, 0.05) is 6.07 Å². The summed E-state index contributed by atoms with van der Waals surface area (Å²) in [6.07, 6.45) is 0. The molecule has 0 fully saturated rings. The van der Waals surface area contributed by atoms with Crippen LogP contribution in [0, 0.1) is 13.8 Å². The van der Waals surface area contributed by atoms with E-state index in [1.807, 2.05) is 32.9 Å². The van der Waals surface area contributed by atoms with E-state index in [-0.39, 0.29) is 23.2 Å². The van der Waals surface area contributed by atoms with Gasteiger partial charge < -0.3 is 5.32 Å². The van der Waals surface area contributed by atoms with Crippen molar-refractivity contribution in [2.45, 2.75) is 26.8 Å². The van der Waals surface area contributed by atoms with Crippen LogP contribution < -0.4 is 10.9 Å². The highest BCUT2D eigenvalue weighted by Gasteiger charge is 2.14. The third-order valence-electron chi connectivity index (χ3n) is 3.16. The lowest BCUT2D eigenvalue weighted by Gasteiger charge is -2.17. The van der Waals surface area contributed by atoms with Gasteiger partial charge in [-0.05, 0) is 38.0 Å². The number of amides is 1. The number of nitrogens with zero attached hydrogens (tertiary/aromatic N) is 1. The van der Waals surface area contributed by atoms with Crippen molar-refractivity contribution in [3.8, 4) is 0 Å². The van der Waals surface area contributed by atoms with Gasteiger partial charge in [0.15, 0.2) is 0 Å². The maximum absolute atomic E-state index is 12.0. The smallest absolute Gasteiger partial charge is 0.272 e. The van der Waals surface area contributed by atoms with Crippen LogP contribution in [-0.4, -0.2) is 16.1 Å². The van der Waals surface area contributed by atoms with Gasteiger partial charge in [-0.15, -0.1) is 0 Å². The van der Waals surface area contributed by atoms with Gasteiger partial charge in [-0.1, -0.05) is 23.8 Å². The lowest BCUT2D eigenvalue weighted by Crippen LogP contribution is -2.28. The summed E-state index contributed by atoms with van der Waals surface area (Å²) in [5.41, 5.74) is 3.21. The maximum atomic E-state index is 12.0. The number of benzene rings is 1. The Bertz CT molecular complexity index is 671. The molecule has 0 aliphatic carbocycles. The Hall–Kier alpha value is -2.43. The Balaban J connectivity index is 2.16. The van der Waals surface area contributed by atoms with Gasteiger partial charge in [0.05, 0.1) is 6.04 Å². The lowest BCUT2D eigenvalue weighted by molar-refractivity contribution is 0.0933. The largest absolute Gasteiger partial charge is 0.344 e. The molecule has 1 heterocycles. The van der Waals surface area contributed by atoms with Gasteiger partial charge in [0.1, 0.15) is 5.69 Å². The lowest BCUT2D eigenvalue weighted by atomic mass is 10.00. The summed E-state index contributed by atoms with van der Waals surface area (Å²) in [5.74, 6) is -0.311. The first kappa shape index (κ1) is 14.0. The molecule has 2 N–H and O–H groups in total. The Labute approximate surface area is 117 Å². The van der Waals surface area contributed by atoms with Crippen LogP contribution in [0.1, 0.15) is 40.1 Å². The molecule has 0 saturated carbocycles. The van der Waals surface area contributed by atoms with Crippen molar-refractivity contribution in [2.75, 3.05) is 0 Å². The average Bonchev–Trinajstić information content (AvgIpc) is 2.42. The molecule has 20 heavy (non-hydrogen) atoms. The van der Waals surface area contributed by atoms with Gasteiger partial charge in [-0.2, -0.15) is 5.10 Å². The summed E-state index contributed by atoms with van der Waals surface area (Å²) in [4.78, 5) is 23.0. The van der Waals surface area contributed by atoms with Crippen LogP contribution in [0.3, 0.4) is 0 Å². The second-order valence-electron chi connectivity index (χ2n) is 4.86. The molecule has 0 spiro atoms. The standard InChI is InChI=1S/C15H17N3O2/c1-9-4-5-10(2)12(8-9)11(3)16-15(20)13-6-7-14(19)18-17-13/h4-8,11H,1-3H3,(H,16,20)(H,18,19). The van der Waals surface area contributed by atoms with Crippen molar-refractivity contribution in [1.82, 2.24) is 15.5 Å². The van der Waals surface area contributed by atoms with Gasteiger partial charge >= 0.3 is 0 Å². The van der Waals surface area contributed by atoms with Gasteiger partial charge in [-0.25, -0.2) is 5.10 Å². The molecule has 1 aromatic heterocycles. The molecular weight excluding hydrogens is 254 g/mol. The highest BCUT2D eigenvalue weighted by Crippen LogP contribution is 2.19. The molecule has 2 aromatic rings. The summed E-state index contributed by atoms with van der Waals surface area (Å²) in [5, 5.41) is 8.84. The zero-order valence-corrected chi connectivity index (χ0v) is 11.7. The van der Waals surface area contributed by atoms with E-state index in [0.717, 1.165) is 16.7 Å². The van der Waals surface area contributed by atoms with Gasteiger partial charge in [0.25, 0.3) is 11.5 Å². The number of aromatic amines is 1. The van der Waals surface area contributed by atoms with E-state index in [9.17, 15) is 9.59 Å². The monoisotopic (exact) mass is 271 g/mol. The predicted octanol–water partition coefficient (Wildman–Crippen LogP) is 1.88. The van der Waals surface area contributed by atoms with Crippen LogP contribution in [0.2, 0.25) is 0 Å². The van der Waals surface area contributed by atoms with Crippen molar-refractivity contribution in [3.05, 3.63) is 63.1 Å². The van der Waals surface area contributed by atoms with Crippen LogP contribution in [0.15, 0.2) is 35.1 Å². The van der Waals surface area contributed by atoms with Gasteiger partial charge in [-0.3, -0.25) is 9.59 Å². The number of rotatable bonds is 3. The molecule has 5 nitrogen and oxygen atoms in total. The van der Waals surface area contributed by atoms with E-state index in [2.05, 4.69) is 21.6 Å². The second kappa shape index (κ2) is 5.69. The Morgan fingerprint density at radius 1 is 1.25 bits per heavy atom. The molecule has 104 valence electrons. The first-order chi connectivity index (χ1) is 9.47. The SMILES string of the molecule is Cc1ccc(C)c(C(C)NC(=O)c2ccc(=O)[nH]n2)c1. The summed E-state index contributed by atoms with van der Waals surface area (Å²) in [7, 11) is 0. The molecule has 1 unspecified atom stereocenters. The van der Waals surface area contributed by atoms with Crippen LogP contribution >= 0.6 is 0 Å². The fourth-order valence-corrected chi connectivity index (χ4v) is 2.05. The summed E-state index contributed by atoms with van der Waals surface area (Å²) < 4.78 is 0. The Morgan fingerprint density at radius 2 is 2.00 bits per heavy atom. The van der Waals surface area contributed by atoms with Crippen molar-refractivity contribution in [2.24, 2.45) is 0 Å². The fourth-order valence-electron chi connectivity index (χ4n) is 2.05. The molecule has 0 bridgehead atoms. The molecular formula is C15H17N3O2. The van der Waals surface area contributed by atoms with E-state index in [1.54, 1.807) is 0 Å². The third-order valence-corrected chi connectivity index (χ3v) is 3.16. The van der Waals surface area contributed by atoms with Crippen LogP contribution in [0.25, 0.3) is 0 Å². The van der Waals surface area contributed by atoms with Crippen LogP contribution in [0.4, 0.5) is 0 Å². The number of carbonyl (C=O) groups excluding carboxylic acids is 1. The minimum atomic E-state index is -0.330. The van der Waals surface area contributed by atoms with Crippen molar-refractivity contribution < 1.29 is 4.79 Å². The highest BCUT2D eigenvalue weighted by atomic mass is 16.2. The van der Waals surface area contributed by atoms with E-state index in [1.165, 1.54) is 12.1 Å². The number of aromatic nitrogens is 2. The van der Waals surface area contributed by atoms with Crippen LogP contribution in [0.5, 0.6) is 0 Å². The van der Waals surface area contributed by atoms with E-state index >= 15 is 0 Å². The second-order valence-corrected chi connectivity index (χ2v) is 4.86. The first-order valence-electron chi connectivity index (χ1n) is 6.41. The van der Waals surface area contributed by atoms with Crippen molar-refractivity contribution in [3.63, 3.8) is 0 Å². The Kier molecular flexibility index (Phi) is 3.98. The van der Waals surface area contributed by atoms with Crippen molar-refractivity contribution >= 4 is 5.91 Å². The number of H-pyrrole nitrogens is 1. The minimum Gasteiger partial charge on any atom is -0.344 e. The number of carbonyl (C=O) groups is 1. The molecule has 0 radical (unpaired) electrons. The zero-order chi connectivity index (χ0) is 14.7. The summed E-state index contributed by atoms with van der Waals surface area (Å²) >= 11 is 0. The normalized spacial score (nSPS) is 11.9. The highest BCUT2D eigenvalue weighted by molar-refractivity contribution is 5.92. The number of hydrogen-bond acceptors (Lipinski definition) is 3. The summed E-state index contributed by atoms with van der Waals surface area (Å²) in [6.45, 7) is 5.95. The molecule has 0 aliphatic rings. The number of nitrogens with one attached hydrogen (secondary N) is 2. The molecule has 0 saturated heterocycles. The van der Waals surface area contributed by atoms with E-state index < -0.39 is 0 Å². The predicted molar refractivity (Wildman–Crippen MR) is 76.7 cm³/mol. The third kappa shape index (κ3) is 3.12. The fraction of sp³-hybridized carbons (Fsp3) is 0.267. The average molecular weight is 271 g/mol. The number of aryl methyl sites for hydroxylation is 2. The molecule has 1 atom stereocenters. The molecule has 5 heteroatoms. The molecule has 0 aliphatic heterocycles. The maximum Gasteiger partial charge on any atom is 0.272 e. The quantitative estimate of drug-likeness (QED) is 0.895. The molecule has 1 amide bonds. The molecule has 2 rings (SSSR count). The van der Waals surface area contributed by atoms with Crippen LogP contribution in [-0.2, 0) is 0 Å². The molecule has 1 aromatic carbocycles. The van der Waals surface area contributed by atoms with E-state index in [4.69, 9.17) is 0 Å². The van der Waals surface area contributed by atoms with Crippen molar-refractivity contribution in [1.29, 1.82) is 0 Å². The number of hydrogen-bond donors (Lipinski definition) is 2. The zero-order valence-electron chi connectivity index (χ0n) is 11.7. The van der Waals surface area contributed by atoms with Gasteiger partial charge in [0.2, 0.25) is 0 Å². The Morgan fingerprint density at radius 3 is 2.65 bits per heavy atom. The topological polar surface area (TPSA) is 74.8 Å². The van der Waals surface area contributed by atoms with E-state index in [0.29, 0.717) is 0 Å². The first-order valence-corrected chi connectivity index (χ1v) is 6.41.